The standard InChI is InChI=1S/C36H35Cl2N5O3/c1-21-6-5-9-27(33(21)38)34-28-20-23(37)10-14-31(28)43(2)35(44)30(41-34)13-15-32(42-36(39)45)40-29-12-11-24(22-16-18-46-19-17-22)25-7-3-4-8-26(25)29/h3-5,7-15,20-22,30H,6,16-19H2,1-2H3,(H3,39,40,42,45)/b15-13+. The van der Waals surface area contributed by atoms with Crippen molar-refractivity contribution in [2.75, 3.05) is 25.2 Å². The Morgan fingerprint density at radius 1 is 1.11 bits per heavy atom. The van der Waals surface area contributed by atoms with Crippen molar-refractivity contribution < 1.29 is 14.3 Å². The number of hydrogen-bond donors (Lipinski definition) is 2. The highest BCUT2D eigenvalue weighted by Gasteiger charge is 2.31. The highest BCUT2D eigenvalue weighted by molar-refractivity contribution is 6.36. The maximum absolute atomic E-state index is 13.8. The summed E-state index contributed by atoms with van der Waals surface area (Å²) >= 11 is 13.3. The van der Waals surface area contributed by atoms with Gasteiger partial charge in [-0.3, -0.25) is 15.1 Å². The molecule has 2 unspecified atom stereocenters. The number of benzene rings is 3. The van der Waals surface area contributed by atoms with Crippen LogP contribution < -0.4 is 16.0 Å². The van der Waals surface area contributed by atoms with Gasteiger partial charge in [0.25, 0.3) is 5.91 Å². The van der Waals surface area contributed by atoms with Crippen molar-refractivity contribution in [3.05, 3.63) is 106 Å². The number of primary amides is 1. The van der Waals surface area contributed by atoms with Gasteiger partial charge in [-0.1, -0.05) is 72.6 Å². The molecule has 10 heteroatoms. The van der Waals surface area contributed by atoms with E-state index in [9.17, 15) is 9.59 Å². The van der Waals surface area contributed by atoms with Crippen molar-refractivity contribution in [1.29, 1.82) is 0 Å². The maximum atomic E-state index is 13.8. The van der Waals surface area contributed by atoms with Crippen LogP contribution in [-0.4, -0.2) is 49.8 Å². The summed E-state index contributed by atoms with van der Waals surface area (Å²) in [6.07, 6.45) is 9.92. The molecule has 1 saturated heterocycles. The molecule has 0 radical (unpaired) electrons. The van der Waals surface area contributed by atoms with Gasteiger partial charge < -0.3 is 15.4 Å². The molecule has 0 bridgehead atoms. The number of aliphatic imine (C=N–C) groups is 2. The monoisotopic (exact) mass is 655 g/mol. The second-order valence-corrected chi connectivity index (χ2v) is 12.6. The molecule has 8 nitrogen and oxygen atoms in total. The molecular weight excluding hydrogens is 621 g/mol. The lowest BCUT2D eigenvalue weighted by molar-refractivity contribution is -0.118. The number of fused-ring (bicyclic) bond motifs is 2. The lowest BCUT2D eigenvalue weighted by Gasteiger charge is -2.24. The molecular formula is C36H35Cl2N5O3. The second kappa shape index (κ2) is 13.6. The first kappa shape index (κ1) is 31.7. The number of allylic oxidation sites excluding steroid dienone is 4. The Morgan fingerprint density at radius 2 is 1.87 bits per heavy atom. The third kappa shape index (κ3) is 6.51. The van der Waals surface area contributed by atoms with Crippen molar-refractivity contribution in [3.8, 4) is 0 Å². The maximum Gasteiger partial charge on any atom is 0.317 e. The molecule has 3 N–H and O–H groups in total. The number of hydrogen-bond acceptors (Lipinski definition) is 5. The van der Waals surface area contributed by atoms with Gasteiger partial charge >= 0.3 is 6.03 Å². The lowest BCUT2D eigenvalue weighted by Crippen LogP contribution is -2.35. The highest BCUT2D eigenvalue weighted by atomic mass is 35.5. The van der Waals surface area contributed by atoms with E-state index >= 15 is 0 Å². The number of carbonyl (C=O) groups excluding carboxylic acids is 2. The average Bonchev–Trinajstić information content (AvgIpc) is 3.15. The fraction of sp³-hybridized carbons (Fsp3) is 0.278. The molecule has 3 amide bonds. The molecule has 0 spiro atoms. The first-order valence-electron chi connectivity index (χ1n) is 15.4. The van der Waals surface area contributed by atoms with Crippen LogP contribution in [0, 0.1) is 5.92 Å². The van der Waals surface area contributed by atoms with E-state index < -0.39 is 12.1 Å². The molecule has 1 aliphatic carbocycles. The molecule has 2 aliphatic heterocycles. The van der Waals surface area contributed by atoms with Crippen LogP contribution in [0.4, 0.5) is 16.2 Å². The molecule has 1 fully saturated rings. The van der Waals surface area contributed by atoms with Crippen LogP contribution in [-0.2, 0) is 9.53 Å². The highest BCUT2D eigenvalue weighted by Crippen LogP contribution is 2.38. The van der Waals surface area contributed by atoms with Gasteiger partial charge in [0, 0.05) is 46.8 Å². The van der Waals surface area contributed by atoms with E-state index in [4.69, 9.17) is 43.7 Å². The Kier molecular flexibility index (Phi) is 9.40. The predicted octanol–water partition coefficient (Wildman–Crippen LogP) is 7.56. The molecule has 2 atom stereocenters. The van der Waals surface area contributed by atoms with Crippen molar-refractivity contribution >= 4 is 68.8 Å². The topological polar surface area (TPSA) is 109 Å². The Labute approximate surface area is 278 Å². The van der Waals surface area contributed by atoms with Gasteiger partial charge in [-0.2, -0.15) is 0 Å². The number of nitrogens with zero attached hydrogens (tertiary/aromatic N) is 3. The number of urea groups is 1. The van der Waals surface area contributed by atoms with Crippen molar-refractivity contribution in [1.82, 2.24) is 5.32 Å². The molecule has 6 rings (SSSR count). The van der Waals surface area contributed by atoms with Crippen LogP contribution in [0.5, 0.6) is 0 Å². The van der Waals surface area contributed by atoms with Gasteiger partial charge in [0.05, 0.1) is 17.1 Å². The molecule has 3 aromatic rings. The number of amides is 3. The number of benzodiazepines with no additional fused rings is 1. The smallest absolute Gasteiger partial charge is 0.317 e. The Balaban J connectivity index is 1.43. The Morgan fingerprint density at radius 3 is 2.63 bits per heavy atom. The predicted molar refractivity (Wildman–Crippen MR) is 187 cm³/mol. The number of ether oxygens (including phenoxy) is 1. The summed E-state index contributed by atoms with van der Waals surface area (Å²) in [6.45, 7) is 3.54. The molecule has 3 aliphatic rings. The van der Waals surface area contributed by atoms with E-state index in [0.717, 1.165) is 48.8 Å². The quantitative estimate of drug-likeness (QED) is 0.219. The van der Waals surface area contributed by atoms with E-state index in [1.165, 1.54) is 5.56 Å². The van der Waals surface area contributed by atoms with Crippen molar-refractivity contribution in [3.63, 3.8) is 0 Å². The minimum atomic E-state index is -0.957. The summed E-state index contributed by atoms with van der Waals surface area (Å²) in [6, 6.07) is 15.8. The van der Waals surface area contributed by atoms with E-state index in [1.54, 1.807) is 42.3 Å². The Bertz CT molecular complexity index is 1860. The van der Waals surface area contributed by atoms with E-state index in [0.29, 0.717) is 38.6 Å². The van der Waals surface area contributed by atoms with Gasteiger partial charge in [0.15, 0.2) is 0 Å². The number of nitrogens with two attached hydrogens (primary N) is 1. The number of nitrogens with one attached hydrogen (secondary N) is 1. The minimum absolute atomic E-state index is 0.101. The van der Waals surface area contributed by atoms with Crippen LogP contribution in [0.3, 0.4) is 0 Å². The number of halogens is 2. The normalized spacial score (nSPS) is 21.0. The fourth-order valence-corrected chi connectivity index (χ4v) is 6.67. The zero-order valence-corrected chi connectivity index (χ0v) is 27.2. The number of carbonyl (C=O) groups is 2. The lowest BCUT2D eigenvalue weighted by atomic mass is 9.87. The molecule has 0 saturated carbocycles. The third-order valence-corrected chi connectivity index (χ3v) is 9.48. The largest absolute Gasteiger partial charge is 0.381 e. The molecule has 0 aromatic heterocycles. The van der Waals surface area contributed by atoms with Crippen LogP contribution in [0.1, 0.15) is 43.2 Å². The summed E-state index contributed by atoms with van der Waals surface area (Å²) in [7, 11) is 1.70. The van der Waals surface area contributed by atoms with Crippen LogP contribution in [0.15, 0.2) is 99.5 Å². The Hall–Kier alpha value is -4.24. The van der Waals surface area contributed by atoms with Crippen molar-refractivity contribution in [2.45, 2.75) is 38.1 Å². The SMILES string of the molecule is CC1CC=CC(C2=NC(/C=C/C(=Nc3ccc(C4CCOCC4)c4ccccc34)NC(N)=O)C(=O)N(C)c3ccc(Cl)cc32)=C1Cl. The molecule has 46 heavy (non-hydrogen) atoms. The van der Waals surface area contributed by atoms with Gasteiger partial charge in [0.2, 0.25) is 0 Å². The van der Waals surface area contributed by atoms with Gasteiger partial charge in [-0.15, -0.1) is 0 Å². The van der Waals surface area contributed by atoms with Gasteiger partial charge in [-0.25, -0.2) is 9.79 Å². The van der Waals surface area contributed by atoms with Crippen molar-refractivity contribution in [2.24, 2.45) is 21.6 Å². The summed E-state index contributed by atoms with van der Waals surface area (Å²) in [5.41, 5.74) is 10.1. The van der Waals surface area contributed by atoms with E-state index in [1.807, 2.05) is 30.3 Å². The fourth-order valence-electron chi connectivity index (χ4n) is 6.26. The van der Waals surface area contributed by atoms with Gasteiger partial charge in [-0.05, 0) is 78.5 Å². The zero-order valence-electron chi connectivity index (χ0n) is 25.7. The summed E-state index contributed by atoms with van der Waals surface area (Å²) in [5, 5.41) is 5.85. The zero-order chi connectivity index (χ0) is 32.4. The first-order chi connectivity index (χ1) is 22.2. The molecule has 3 aromatic carbocycles. The van der Waals surface area contributed by atoms with Crippen LogP contribution in [0.25, 0.3) is 10.8 Å². The number of amidine groups is 1. The van der Waals surface area contributed by atoms with E-state index in [-0.39, 0.29) is 17.7 Å². The number of rotatable bonds is 5. The number of anilines is 1. The number of likely N-dealkylation sites (N-methyl/N-ethyl adjacent to an activating group) is 1. The molecule has 236 valence electrons. The van der Waals surface area contributed by atoms with Crippen LogP contribution in [0.2, 0.25) is 5.02 Å². The second-order valence-electron chi connectivity index (χ2n) is 11.7. The minimum Gasteiger partial charge on any atom is -0.381 e. The summed E-state index contributed by atoms with van der Waals surface area (Å²) in [4.78, 5) is 37.2. The summed E-state index contributed by atoms with van der Waals surface area (Å²) in [5.74, 6) is 0.402. The van der Waals surface area contributed by atoms with Gasteiger partial charge in [0.1, 0.15) is 11.9 Å². The first-order valence-corrected chi connectivity index (χ1v) is 16.1. The average molecular weight is 657 g/mol. The van der Waals surface area contributed by atoms with Crippen LogP contribution >= 0.6 is 23.2 Å². The van der Waals surface area contributed by atoms with E-state index in [2.05, 4.69) is 30.4 Å². The summed E-state index contributed by atoms with van der Waals surface area (Å²) < 4.78 is 5.58. The molecule has 2 heterocycles. The third-order valence-electron chi connectivity index (χ3n) is 8.67.